The van der Waals surface area contributed by atoms with Crippen molar-refractivity contribution in [2.75, 3.05) is 19.7 Å². The summed E-state index contributed by atoms with van der Waals surface area (Å²) in [6.45, 7) is 6.74. The molecule has 0 spiro atoms. The van der Waals surface area contributed by atoms with Crippen LogP contribution in [0.4, 0.5) is 0 Å². The molecule has 0 aliphatic carbocycles. The second kappa shape index (κ2) is 8.19. The number of hydrogen-bond donors (Lipinski definition) is 0. The summed E-state index contributed by atoms with van der Waals surface area (Å²) >= 11 is 11.8. The zero-order valence-corrected chi connectivity index (χ0v) is 14.7. The van der Waals surface area contributed by atoms with Gasteiger partial charge in [0.1, 0.15) is 6.61 Å². The van der Waals surface area contributed by atoms with Crippen LogP contribution in [0.3, 0.4) is 0 Å². The van der Waals surface area contributed by atoms with Crippen LogP contribution in [0.15, 0.2) is 18.2 Å². The highest BCUT2D eigenvalue weighted by molar-refractivity contribution is 6.35. The van der Waals surface area contributed by atoms with Crippen LogP contribution in [0.5, 0.6) is 0 Å². The van der Waals surface area contributed by atoms with Crippen molar-refractivity contribution in [1.82, 2.24) is 4.90 Å². The van der Waals surface area contributed by atoms with Crippen molar-refractivity contribution in [2.24, 2.45) is 5.92 Å². The molecule has 1 aliphatic rings. The lowest BCUT2D eigenvalue weighted by Crippen LogP contribution is -2.43. The number of halogens is 2. The Labute approximate surface area is 142 Å². The predicted octanol–water partition coefficient (Wildman–Crippen LogP) is 4.66. The number of hydrogen-bond acceptors (Lipinski definition) is 3. The first kappa shape index (κ1) is 17.6. The third-order valence-electron chi connectivity index (χ3n) is 4.40. The molecule has 5 heteroatoms. The van der Waals surface area contributed by atoms with Crippen LogP contribution in [-0.4, -0.2) is 36.6 Å². The molecule has 3 nitrogen and oxygen atoms in total. The van der Waals surface area contributed by atoms with Crippen molar-refractivity contribution in [1.29, 1.82) is 0 Å². The van der Waals surface area contributed by atoms with Crippen molar-refractivity contribution in [2.45, 2.75) is 39.2 Å². The fraction of sp³-hybridized carbons (Fsp3) is 0.588. The minimum atomic E-state index is -0.374. The number of carbonyl (C=O) groups excluding carboxylic acids is 1. The van der Waals surface area contributed by atoms with Gasteiger partial charge in [0.15, 0.2) is 0 Å². The monoisotopic (exact) mass is 343 g/mol. The van der Waals surface area contributed by atoms with Crippen LogP contribution in [0, 0.1) is 5.92 Å². The topological polar surface area (TPSA) is 29.5 Å². The van der Waals surface area contributed by atoms with Crippen molar-refractivity contribution in [3.63, 3.8) is 0 Å². The molecule has 1 fully saturated rings. The average molecular weight is 344 g/mol. The molecule has 2 atom stereocenters. The number of likely N-dealkylation sites (tertiary alicyclic amines) is 1. The highest BCUT2D eigenvalue weighted by Crippen LogP contribution is 2.24. The summed E-state index contributed by atoms with van der Waals surface area (Å²) in [5.41, 5.74) is 0.399. The van der Waals surface area contributed by atoms with Crippen LogP contribution in [-0.2, 0) is 4.74 Å². The summed E-state index contributed by atoms with van der Waals surface area (Å²) < 4.78 is 5.36. The van der Waals surface area contributed by atoms with Gasteiger partial charge in [0.2, 0.25) is 0 Å². The predicted molar refractivity (Wildman–Crippen MR) is 90.8 cm³/mol. The van der Waals surface area contributed by atoms with E-state index in [0.29, 0.717) is 28.3 Å². The third kappa shape index (κ3) is 4.87. The average Bonchev–Trinajstić information content (AvgIpc) is 2.48. The smallest absolute Gasteiger partial charge is 0.338 e. The van der Waals surface area contributed by atoms with E-state index in [9.17, 15) is 4.79 Å². The number of esters is 1. The summed E-state index contributed by atoms with van der Waals surface area (Å²) in [5.74, 6) is 0.389. The molecule has 1 aliphatic heterocycles. The van der Waals surface area contributed by atoms with Gasteiger partial charge in [0.05, 0.1) is 5.56 Å². The number of benzene rings is 1. The lowest BCUT2D eigenvalue weighted by atomic mass is 9.92. The van der Waals surface area contributed by atoms with E-state index in [1.165, 1.54) is 19.3 Å². The highest BCUT2D eigenvalue weighted by Gasteiger charge is 2.24. The Hall–Kier alpha value is -0.770. The van der Waals surface area contributed by atoms with Gasteiger partial charge in [-0.1, -0.05) is 36.5 Å². The van der Waals surface area contributed by atoms with Crippen LogP contribution in [0.25, 0.3) is 0 Å². The van der Waals surface area contributed by atoms with Crippen molar-refractivity contribution >= 4 is 29.2 Å². The van der Waals surface area contributed by atoms with E-state index in [1.807, 2.05) is 0 Å². The van der Waals surface area contributed by atoms with E-state index in [1.54, 1.807) is 18.2 Å². The van der Waals surface area contributed by atoms with E-state index < -0.39 is 0 Å². The molecule has 0 N–H and O–H groups in total. The van der Waals surface area contributed by atoms with Gasteiger partial charge in [-0.2, -0.15) is 0 Å². The van der Waals surface area contributed by atoms with Crippen molar-refractivity contribution < 1.29 is 9.53 Å². The van der Waals surface area contributed by atoms with Crippen molar-refractivity contribution in [3.05, 3.63) is 33.8 Å². The van der Waals surface area contributed by atoms with Gasteiger partial charge in [-0.15, -0.1) is 0 Å². The lowest BCUT2D eigenvalue weighted by molar-refractivity contribution is 0.0376. The number of rotatable bonds is 5. The fourth-order valence-corrected chi connectivity index (χ4v) is 3.44. The Morgan fingerprint density at radius 3 is 2.59 bits per heavy atom. The molecule has 1 aromatic carbocycles. The summed E-state index contributed by atoms with van der Waals surface area (Å²) in [6, 6.07) is 5.31. The molecule has 2 rings (SSSR count). The van der Waals surface area contributed by atoms with E-state index in [0.717, 1.165) is 19.0 Å². The number of piperidine rings is 1. The van der Waals surface area contributed by atoms with Crippen LogP contribution >= 0.6 is 23.2 Å². The molecule has 2 unspecified atom stereocenters. The molecule has 22 heavy (non-hydrogen) atoms. The SMILES string of the molecule is CCC1CCC(C)N(CCOC(=O)c2cc(Cl)cc(Cl)c2)C1. The molecule has 0 amide bonds. The molecule has 1 heterocycles. The Kier molecular flexibility index (Phi) is 6.54. The third-order valence-corrected chi connectivity index (χ3v) is 4.83. The molecule has 122 valence electrons. The van der Waals surface area contributed by atoms with Crippen LogP contribution in [0.1, 0.15) is 43.5 Å². The maximum absolute atomic E-state index is 12.0. The van der Waals surface area contributed by atoms with Gasteiger partial charge in [-0.05, 0) is 43.9 Å². The summed E-state index contributed by atoms with van der Waals surface area (Å²) in [7, 11) is 0. The van der Waals surface area contributed by atoms with Crippen LogP contribution in [0.2, 0.25) is 10.0 Å². The molecule has 1 aromatic rings. The standard InChI is InChI=1S/C17H23Cl2NO2/c1-3-13-5-4-12(2)20(11-13)6-7-22-17(21)14-8-15(18)10-16(19)9-14/h8-10,12-13H,3-7,11H2,1-2H3. The lowest BCUT2D eigenvalue weighted by Gasteiger charge is -2.37. The number of nitrogens with zero attached hydrogens (tertiary/aromatic N) is 1. The van der Waals surface area contributed by atoms with E-state index in [-0.39, 0.29) is 5.97 Å². The summed E-state index contributed by atoms with van der Waals surface area (Å²) in [6.07, 6.45) is 3.73. The Balaban J connectivity index is 1.83. The molecular formula is C17H23Cl2NO2. The van der Waals surface area contributed by atoms with E-state index in [2.05, 4.69) is 18.7 Å². The minimum absolute atomic E-state index is 0.374. The second-order valence-electron chi connectivity index (χ2n) is 5.99. The normalized spacial score (nSPS) is 22.5. The largest absolute Gasteiger partial charge is 0.461 e. The van der Waals surface area contributed by atoms with Gasteiger partial charge in [-0.3, -0.25) is 4.90 Å². The van der Waals surface area contributed by atoms with Gasteiger partial charge in [-0.25, -0.2) is 4.79 Å². The number of ether oxygens (including phenoxy) is 1. The maximum Gasteiger partial charge on any atom is 0.338 e. The van der Waals surface area contributed by atoms with E-state index >= 15 is 0 Å². The zero-order valence-electron chi connectivity index (χ0n) is 13.1. The fourth-order valence-electron chi connectivity index (χ4n) is 2.92. The highest BCUT2D eigenvalue weighted by atomic mass is 35.5. The molecular weight excluding hydrogens is 321 g/mol. The first-order valence-corrected chi connectivity index (χ1v) is 8.62. The molecule has 0 bridgehead atoms. The summed E-state index contributed by atoms with van der Waals surface area (Å²) in [4.78, 5) is 14.4. The summed E-state index contributed by atoms with van der Waals surface area (Å²) in [5, 5.41) is 0.879. The Morgan fingerprint density at radius 1 is 1.27 bits per heavy atom. The van der Waals surface area contributed by atoms with E-state index in [4.69, 9.17) is 27.9 Å². The van der Waals surface area contributed by atoms with Gasteiger partial charge < -0.3 is 4.74 Å². The molecule has 0 saturated carbocycles. The maximum atomic E-state index is 12.0. The Morgan fingerprint density at radius 2 is 1.95 bits per heavy atom. The Bertz CT molecular complexity index is 501. The number of carbonyl (C=O) groups is 1. The molecule has 0 aromatic heterocycles. The molecule has 0 radical (unpaired) electrons. The quantitative estimate of drug-likeness (QED) is 0.728. The first-order valence-electron chi connectivity index (χ1n) is 7.87. The minimum Gasteiger partial charge on any atom is -0.461 e. The molecule has 1 saturated heterocycles. The van der Waals surface area contributed by atoms with Gasteiger partial charge >= 0.3 is 5.97 Å². The van der Waals surface area contributed by atoms with Gasteiger partial charge in [0.25, 0.3) is 0 Å². The van der Waals surface area contributed by atoms with Gasteiger partial charge in [0, 0.05) is 29.2 Å². The van der Waals surface area contributed by atoms with Crippen LogP contribution < -0.4 is 0 Å². The first-order chi connectivity index (χ1) is 10.5. The second-order valence-corrected chi connectivity index (χ2v) is 6.86. The van der Waals surface area contributed by atoms with Crippen molar-refractivity contribution in [3.8, 4) is 0 Å². The zero-order chi connectivity index (χ0) is 16.1.